The number of rotatable bonds is 7. The van der Waals surface area contributed by atoms with Crippen LogP contribution < -0.4 is 5.73 Å². The second-order valence-corrected chi connectivity index (χ2v) is 4.45. The summed E-state index contributed by atoms with van der Waals surface area (Å²) >= 11 is 0. The third-order valence-electron chi connectivity index (χ3n) is 3.18. The molecule has 0 aromatic rings. The third-order valence-corrected chi connectivity index (χ3v) is 3.18. The Kier molecular flexibility index (Phi) is 7.35. The first-order valence-electron chi connectivity index (χ1n) is 5.87. The summed E-state index contributed by atoms with van der Waals surface area (Å²) in [6.07, 6.45) is 5.27. The zero-order valence-electron chi connectivity index (χ0n) is 9.84. The normalized spacial score (nSPS) is 16.2. The Bertz CT molecular complexity index is 106. The number of nitrogens with two attached hydrogens (primary N) is 1. The summed E-state index contributed by atoms with van der Waals surface area (Å²) in [6, 6.07) is 0. The quantitative estimate of drug-likeness (QED) is 0.646. The van der Waals surface area contributed by atoms with Gasteiger partial charge in [-0.25, -0.2) is 0 Å². The van der Waals surface area contributed by atoms with Crippen LogP contribution in [0.5, 0.6) is 0 Å². The molecule has 2 atom stereocenters. The van der Waals surface area contributed by atoms with Gasteiger partial charge in [-0.05, 0) is 30.7 Å². The molecule has 0 spiro atoms. The maximum Gasteiger partial charge on any atom is -0.00462 e. The Labute approximate surface area is 84.1 Å². The minimum absolute atomic E-state index is 0.742. The zero-order valence-corrected chi connectivity index (χ0v) is 9.84. The molecule has 0 aliphatic heterocycles. The number of hydrogen-bond acceptors (Lipinski definition) is 1. The van der Waals surface area contributed by atoms with E-state index in [0.29, 0.717) is 0 Å². The molecule has 0 radical (unpaired) electrons. The smallest absolute Gasteiger partial charge is 0.00462 e. The van der Waals surface area contributed by atoms with Crippen molar-refractivity contribution in [1.29, 1.82) is 0 Å². The Morgan fingerprint density at radius 1 is 1.15 bits per heavy atom. The lowest BCUT2D eigenvalue weighted by Gasteiger charge is -2.28. The van der Waals surface area contributed by atoms with Gasteiger partial charge < -0.3 is 5.73 Å². The van der Waals surface area contributed by atoms with Crippen LogP contribution in [0.4, 0.5) is 0 Å². The van der Waals surface area contributed by atoms with Crippen molar-refractivity contribution < 1.29 is 0 Å². The molecule has 0 fully saturated rings. The van der Waals surface area contributed by atoms with Crippen LogP contribution >= 0.6 is 0 Å². The molecule has 0 aromatic heterocycles. The first-order chi connectivity index (χ1) is 6.17. The molecule has 0 aliphatic rings. The van der Waals surface area contributed by atoms with Gasteiger partial charge in [0.25, 0.3) is 0 Å². The van der Waals surface area contributed by atoms with Crippen LogP contribution in [-0.2, 0) is 0 Å². The minimum atomic E-state index is 0.742. The lowest BCUT2D eigenvalue weighted by atomic mass is 9.79. The van der Waals surface area contributed by atoms with Crippen molar-refractivity contribution in [3.8, 4) is 0 Å². The van der Waals surface area contributed by atoms with E-state index in [9.17, 15) is 0 Å². The van der Waals surface area contributed by atoms with Crippen LogP contribution in [0.2, 0.25) is 0 Å². The van der Waals surface area contributed by atoms with Crippen LogP contribution in [0, 0.1) is 17.8 Å². The molecule has 0 amide bonds. The summed E-state index contributed by atoms with van der Waals surface area (Å²) in [5.41, 5.74) is 5.79. The van der Waals surface area contributed by atoms with Crippen molar-refractivity contribution in [1.82, 2.24) is 0 Å². The van der Waals surface area contributed by atoms with Gasteiger partial charge in [0.15, 0.2) is 0 Å². The van der Waals surface area contributed by atoms with E-state index in [1.54, 1.807) is 0 Å². The van der Waals surface area contributed by atoms with Gasteiger partial charge in [-0.3, -0.25) is 0 Å². The van der Waals surface area contributed by atoms with Crippen molar-refractivity contribution in [3.05, 3.63) is 0 Å². The van der Waals surface area contributed by atoms with E-state index in [-0.39, 0.29) is 0 Å². The fourth-order valence-electron chi connectivity index (χ4n) is 2.20. The molecule has 2 N–H and O–H groups in total. The molecule has 0 saturated carbocycles. The molecule has 0 rings (SSSR count). The molecular formula is C12H27N. The predicted octanol–water partition coefficient (Wildman–Crippen LogP) is 3.43. The third kappa shape index (κ3) is 4.66. The predicted molar refractivity (Wildman–Crippen MR) is 60.7 cm³/mol. The van der Waals surface area contributed by atoms with E-state index in [1.165, 1.54) is 25.7 Å². The molecule has 80 valence electrons. The largest absolute Gasteiger partial charge is 0.330 e. The second-order valence-electron chi connectivity index (χ2n) is 4.45. The average Bonchev–Trinajstić information content (AvgIpc) is 2.11. The fourth-order valence-corrected chi connectivity index (χ4v) is 2.20. The van der Waals surface area contributed by atoms with Crippen molar-refractivity contribution in [2.24, 2.45) is 23.5 Å². The maximum atomic E-state index is 5.79. The van der Waals surface area contributed by atoms with Crippen LogP contribution in [0.3, 0.4) is 0 Å². The molecule has 0 bridgehead atoms. The minimum Gasteiger partial charge on any atom is -0.330 e. The van der Waals surface area contributed by atoms with Gasteiger partial charge in [0, 0.05) is 0 Å². The van der Waals surface area contributed by atoms with Crippen LogP contribution in [-0.4, -0.2) is 6.54 Å². The molecule has 2 unspecified atom stereocenters. The molecular weight excluding hydrogens is 158 g/mol. The number of unbranched alkanes of at least 4 members (excludes halogenated alkanes) is 1. The van der Waals surface area contributed by atoms with E-state index in [0.717, 1.165) is 24.3 Å². The summed E-state index contributed by atoms with van der Waals surface area (Å²) in [5.74, 6) is 2.38. The van der Waals surface area contributed by atoms with Crippen LogP contribution in [0.1, 0.15) is 53.4 Å². The van der Waals surface area contributed by atoms with Crippen molar-refractivity contribution in [3.63, 3.8) is 0 Å². The Hall–Kier alpha value is -0.0400. The summed E-state index contributed by atoms with van der Waals surface area (Å²) < 4.78 is 0. The highest BCUT2D eigenvalue weighted by atomic mass is 14.6. The highest BCUT2D eigenvalue weighted by Gasteiger charge is 2.20. The van der Waals surface area contributed by atoms with E-state index < -0.39 is 0 Å². The van der Waals surface area contributed by atoms with Crippen molar-refractivity contribution in [2.45, 2.75) is 53.4 Å². The average molecular weight is 185 g/mol. The Balaban J connectivity index is 4.04. The van der Waals surface area contributed by atoms with Gasteiger partial charge >= 0.3 is 0 Å². The standard InChI is InChI=1S/C12H27N/c1-5-7-8-12(10(3)4)11(6-2)9-13/h10-12H,5-9,13H2,1-4H3. The summed E-state index contributed by atoms with van der Waals surface area (Å²) in [4.78, 5) is 0. The monoisotopic (exact) mass is 185 g/mol. The van der Waals surface area contributed by atoms with Crippen molar-refractivity contribution >= 4 is 0 Å². The van der Waals surface area contributed by atoms with Gasteiger partial charge in [0.1, 0.15) is 0 Å². The van der Waals surface area contributed by atoms with Gasteiger partial charge in [-0.1, -0.05) is 47.0 Å². The molecule has 0 saturated heterocycles. The zero-order chi connectivity index (χ0) is 10.3. The highest BCUT2D eigenvalue weighted by molar-refractivity contribution is 4.72. The Morgan fingerprint density at radius 3 is 2.08 bits per heavy atom. The fraction of sp³-hybridized carbons (Fsp3) is 1.00. The van der Waals surface area contributed by atoms with E-state index in [2.05, 4.69) is 27.7 Å². The first kappa shape index (κ1) is 13.0. The summed E-state index contributed by atoms with van der Waals surface area (Å²) in [6.45, 7) is 10.1. The Morgan fingerprint density at radius 2 is 1.77 bits per heavy atom. The highest BCUT2D eigenvalue weighted by Crippen LogP contribution is 2.27. The number of hydrogen-bond donors (Lipinski definition) is 1. The molecule has 1 heteroatoms. The molecule has 1 nitrogen and oxygen atoms in total. The maximum absolute atomic E-state index is 5.79. The topological polar surface area (TPSA) is 26.0 Å². The van der Waals surface area contributed by atoms with Gasteiger partial charge in [-0.15, -0.1) is 0 Å². The van der Waals surface area contributed by atoms with Crippen LogP contribution in [0.25, 0.3) is 0 Å². The molecule has 0 aliphatic carbocycles. The van der Waals surface area contributed by atoms with Gasteiger partial charge in [0.05, 0.1) is 0 Å². The van der Waals surface area contributed by atoms with Crippen molar-refractivity contribution in [2.75, 3.05) is 6.54 Å². The SMILES string of the molecule is CCCCC(C(C)C)C(CC)CN. The molecule has 13 heavy (non-hydrogen) atoms. The van der Waals surface area contributed by atoms with E-state index in [1.807, 2.05) is 0 Å². The summed E-state index contributed by atoms with van der Waals surface area (Å²) in [5, 5.41) is 0. The lowest BCUT2D eigenvalue weighted by molar-refractivity contribution is 0.231. The lowest BCUT2D eigenvalue weighted by Crippen LogP contribution is -2.26. The van der Waals surface area contributed by atoms with Gasteiger partial charge in [-0.2, -0.15) is 0 Å². The van der Waals surface area contributed by atoms with E-state index >= 15 is 0 Å². The van der Waals surface area contributed by atoms with Crippen LogP contribution in [0.15, 0.2) is 0 Å². The van der Waals surface area contributed by atoms with Gasteiger partial charge in [0.2, 0.25) is 0 Å². The molecule has 0 heterocycles. The second kappa shape index (κ2) is 7.37. The summed E-state index contributed by atoms with van der Waals surface area (Å²) in [7, 11) is 0. The first-order valence-corrected chi connectivity index (χ1v) is 5.87. The molecule has 0 aromatic carbocycles. The van der Waals surface area contributed by atoms with E-state index in [4.69, 9.17) is 5.73 Å².